The first-order valence-electron chi connectivity index (χ1n) is 8.96. The lowest BCUT2D eigenvalue weighted by molar-refractivity contribution is -0.141. The normalized spacial score (nSPS) is 16.9. The van der Waals surface area contributed by atoms with E-state index in [1.807, 2.05) is 65.6 Å². The molecular formula is C21H20N2O4S. The minimum absolute atomic E-state index is 0.278. The van der Waals surface area contributed by atoms with E-state index in [4.69, 9.17) is 9.26 Å². The molecule has 0 aliphatic carbocycles. The minimum Gasteiger partial charge on any atom is -0.486 e. The molecule has 2 heterocycles. The fourth-order valence-corrected chi connectivity index (χ4v) is 4.30. The maximum atomic E-state index is 11.3. The number of aliphatic carboxylic acids is 1. The Morgan fingerprint density at radius 1 is 1.21 bits per heavy atom. The van der Waals surface area contributed by atoms with Crippen LogP contribution in [-0.4, -0.2) is 38.8 Å². The first-order valence-corrected chi connectivity index (χ1v) is 10.1. The number of hydrogen-bond acceptors (Lipinski definition) is 6. The number of carbonyl (C=O) groups is 1. The van der Waals surface area contributed by atoms with Crippen molar-refractivity contribution in [2.45, 2.75) is 19.2 Å². The number of ether oxygens (including phenoxy) is 1. The summed E-state index contributed by atoms with van der Waals surface area (Å²) in [6.07, 6.45) is 0. The predicted octanol–water partition coefficient (Wildman–Crippen LogP) is 3.88. The molecule has 28 heavy (non-hydrogen) atoms. The van der Waals surface area contributed by atoms with Gasteiger partial charge in [-0.25, -0.2) is 0 Å². The van der Waals surface area contributed by atoms with Gasteiger partial charge in [0.1, 0.15) is 24.1 Å². The van der Waals surface area contributed by atoms with E-state index in [1.165, 1.54) is 0 Å². The lowest BCUT2D eigenvalue weighted by Crippen LogP contribution is -2.37. The van der Waals surface area contributed by atoms with Gasteiger partial charge in [-0.2, -0.15) is 0 Å². The highest BCUT2D eigenvalue weighted by molar-refractivity contribution is 7.99. The van der Waals surface area contributed by atoms with Crippen molar-refractivity contribution in [1.82, 2.24) is 10.1 Å². The molecule has 4 rings (SSSR count). The van der Waals surface area contributed by atoms with E-state index in [-0.39, 0.29) is 6.61 Å². The molecule has 0 amide bonds. The van der Waals surface area contributed by atoms with Crippen LogP contribution in [0, 0.1) is 0 Å². The third-order valence-corrected chi connectivity index (χ3v) is 5.62. The minimum atomic E-state index is -0.767. The largest absolute Gasteiger partial charge is 0.486 e. The summed E-state index contributed by atoms with van der Waals surface area (Å²) in [4.78, 5) is 13.3. The van der Waals surface area contributed by atoms with E-state index in [1.54, 1.807) is 11.8 Å². The zero-order valence-electron chi connectivity index (χ0n) is 15.2. The van der Waals surface area contributed by atoms with E-state index in [9.17, 15) is 9.90 Å². The van der Waals surface area contributed by atoms with Gasteiger partial charge in [0.2, 0.25) is 0 Å². The lowest BCUT2D eigenvalue weighted by Gasteiger charge is -2.20. The highest BCUT2D eigenvalue weighted by atomic mass is 32.2. The van der Waals surface area contributed by atoms with Crippen molar-refractivity contribution in [3.8, 4) is 17.0 Å². The fourth-order valence-electron chi connectivity index (χ4n) is 3.11. The van der Waals surface area contributed by atoms with Crippen LogP contribution in [0.3, 0.4) is 0 Å². The molecule has 3 aromatic rings. The summed E-state index contributed by atoms with van der Waals surface area (Å²) in [7, 11) is 0. The number of thioether (sulfide) groups is 1. The maximum Gasteiger partial charge on any atom is 0.321 e. The Labute approximate surface area is 167 Å². The van der Waals surface area contributed by atoms with Crippen molar-refractivity contribution in [3.63, 3.8) is 0 Å². The Hall–Kier alpha value is -2.77. The van der Waals surface area contributed by atoms with Crippen LogP contribution in [0.1, 0.15) is 11.3 Å². The van der Waals surface area contributed by atoms with Gasteiger partial charge in [0.25, 0.3) is 0 Å². The Kier molecular flexibility index (Phi) is 5.64. The van der Waals surface area contributed by atoms with Gasteiger partial charge < -0.3 is 14.4 Å². The van der Waals surface area contributed by atoms with Crippen LogP contribution in [-0.2, 0) is 17.9 Å². The summed E-state index contributed by atoms with van der Waals surface area (Å²) in [6, 6.07) is 19.0. The number of carboxylic acid groups (broad SMARTS) is 1. The predicted molar refractivity (Wildman–Crippen MR) is 107 cm³/mol. The Morgan fingerprint density at radius 3 is 2.89 bits per heavy atom. The van der Waals surface area contributed by atoms with Crippen molar-refractivity contribution >= 4 is 17.7 Å². The quantitative estimate of drug-likeness (QED) is 0.649. The van der Waals surface area contributed by atoms with Crippen LogP contribution < -0.4 is 4.74 Å². The number of carboxylic acids is 1. The van der Waals surface area contributed by atoms with Crippen LogP contribution in [0.2, 0.25) is 0 Å². The smallest absolute Gasteiger partial charge is 0.321 e. The van der Waals surface area contributed by atoms with Gasteiger partial charge in [-0.15, -0.1) is 11.8 Å². The second kappa shape index (κ2) is 8.50. The van der Waals surface area contributed by atoms with Crippen LogP contribution in [0.5, 0.6) is 5.75 Å². The topological polar surface area (TPSA) is 75.8 Å². The van der Waals surface area contributed by atoms with Crippen molar-refractivity contribution in [1.29, 1.82) is 0 Å². The molecule has 0 radical (unpaired) electrons. The van der Waals surface area contributed by atoms with E-state index in [0.29, 0.717) is 23.8 Å². The van der Waals surface area contributed by atoms with Crippen molar-refractivity contribution in [3.05, 3.63) is 72.0 Å². The van der Waals surface area contributed by atoms with Crippen LogP contribution in [0.25, 0.3) is 11.3 Å². The summed E-state index contributed by atoms with van der Waals surface area (Å²) < 4.78 is 11.2. The standard InChI is InChI=1S/C21H20N2O4S/c24-21(25)20-13-28-14-23(20)11-15-5-4-8-17(9-15)26-12-18-10-19(22-27-18)16-6-2-1-3-7-16/h1-10,20H,11-14H2,(H,24,25). The molecule has 1 saturated heterocycles. The lowest BCUT2D eigenvalue weighted by atomic mass is 10.1. The third-order valence-electron chi connectivity index (χ3n) is 4.55. The van der Waals surface area contributed by atoms with Crippen LogP contribution >= 0.6 is 11.8 Å². The van der Waals surface area contributed by atoms with Crippen molar-refractivity contribution < 1.29 is 19.2 Å². The fraction of sp³-hybridized carbons (Fsp3) is 0.238. The van der Waals surface area contributed by atoms with Gasteiger partial charge in [0, 0.05) is 29.8 Å². The SMILES string of the molecule is O=C(O)C1CSCN1Cc1cccc(OCc2cc(-c3ccccc3)no2)c1. The molecule has 0 saturated carbocycles. The van der Waals surface area contributed by atoms with Gasteiger partial charge in [-0.1, -0.05) is 47.6 Å². The summed E-state index contributed by atoms with van der Waals surface area (Å²) >= 11 is 1.64. The molecule has 1 aliphatic heterocycles. The summed E-state index contributed by atoms with van der Waals surface area (Å²) in [5, 5.41) is 13.4. The molecule has 2 aromatic carbocycles. The molecule has 0 bridgehead atoms. The van der Waals surface area contributed by atoms with Gasteiger partial charge >= 0.3 is 5.97 Å². The number of hydrogen-bond donors (Lipinski definition) is 1. The summed E-state index contributed by atoms with van der Waals surface area (Å²) in [6.45, 7) is 0.863. The van der Waals surface area contributed by atoms with Crippen molar-refractivity contribution in [2.24, 2.45) is 0 Å². The van der Waals surface area contributed by atoms with Crippen molar-refractivity contribution in [2.75, 3.05) is 11.6 Å². The monoisotopic (exact) mass is 396 g/mol. The zero-order chi connectivity index (χ0) is 19.3. The third kappa shape index (κ3) is 4.37. The molecule has 1 fully saturated rings. The Bertz CT molecular complexity index is 944. The highest BCUT2D eigenvalue weighted by Crippen LogP contribution is 2.25. The maximum absolute atomic E-state index is 11.3. The number of nitrogens with zero attached hydrogens (tertiary/aromatic N) is 2. The summed E-state index contributed by atoms with van der Waals surface area (Å²) in [5.74, 6) is 1.94. The van der Waals surface area contributed by atoms with Gasteiger partial charge in [0.15, 0.2) is 5.76 Å². The Morgan fingerprint density at radius 2 is 2.07 bits per heavy atom. The first-order chi connectivity index (χ1) is 13.7. The summed E-state index contributed by atoms with van der Waals surface area (Å²) in [5.41, 5.74) is 2.80. The zero-order valence-corrected chi connectivity index (χ0v) is 16.0. The second-order valence-electron chi connectivity index (χ2n) is 6.58. The molecule has 1 N–H and O–H groups in total. The molecule has 1 atom stereocenters. The van der Waals surface area contributed by atoms with Gasteiger partial charge in [-0.3, -0.25) is 9.69 Å². The van der Waals surface area contributed by atoms with E-state index < -0.39 is 12.0 Å². The molecule has 1 unspecified atom stereocenters. The second-order valence-corrected chi connectivity index (χ2v) is 7.58. The van der Waals surface area contributed by atoms with Crippen LogP contribution in [0.4, 0.5) is 0 Å². The Balaban J connectivity index is 1.38. The highest BCUT2D eigenvalue weighted by Gasteiger charge is 2.30. The molecule has 1 aromatic heterocycles. The van der Waals surface area contributed by atoms with Crippen LogP contribution in [0.15, 0.2) is 65.2 Å². The average molecular weight is 396 g/mol. The number of rotatable bonds is 7. The van der Waals surface area contributed by atoms with E-state index >= 15 is 0 Å². The number of aromatic nitrogens is 1. The molecule has 144 valence electrons. The van der Waals surface area contributed by atoms with E-state index in [0.717, 1.165) is 22.7 Å². The molecule has 6 nitrogen and oxygen atoms in total. The molecular weight excluding hydrogens is 376 g/mol. The van der Waals surface area contributed by atoms with Gasteiger partial charge in [-0.05, 0) is 17.7 Å². The van der Waals surface area contributed by atoms with Gasteiger partial charge in [0.05, 0.1) is 0 Å². The molecule has 0 spiro atoms. The number of benzene rings is 2. The first kappa shape index (κ1) is 18.6. The molecule has 7 heteroatoms. The van der Waals surface area contributed by atoms with E-state index in [2.05, 4.69) is 5.16 Å². The average Bonchev–Trinajstić information content (AvgIpc) is 3.37. The molecule has 1 aliphatic rings.